The highest BCUT2D eigenvalue weighted by atomic mass is 35.5. The first-order valence-corrected chi connectivity index (χ1v) is 7.03. The molecule has 6 nitrogen and oxygen atoms in total. The first-order valence-electron chi connectivity index (χ1n) is 6.65. The maximum atomic E-state index is 12.0. The van der Waals surface area contributed by atoms with Crippen LogP contribution in [0.25, 0.3) is 0 Å². The second kappa shape index (κ2) is 5.04. The van der Waals surface area contributed by atoms with Crippen LogP contribution in [0.1, 0.15) is 16.8 Å². The Morgan fingerprint density at radius 3 is 2.71 bits per heavy atom. The van der Waals surface area contributed by atoms with Gasteiger partial charge in [0.25, 0.3) is 11.7 Å². The van der Waals surface area contributed by atoms with Crippen LogP contribution in [0.15, 0.2) is 12.1 Å². The number of hydrogen-bond donors (Lipinski definition) is 1. The van der Waals surface area contributed by atoms with Crippen molar-refractivity contribution in [2.24, 2.45) is 0 Å². The lowest BCUT2D eigenvalue weighted by Gasteiger charge is -2.23. The highest BCUT2D eigenvalue weighted by Gasteiger charge is 2.30. The molecule has 0 atom stereocenters. The molecule has 7 heteroatoms. The normalized spacial score (nSPS) is 18.7. The van der Waals surface area contributed by atoms with Crippen LogP contribution in [0.3, 0.4) is 0 Å². The highest BCUT2D eigenvalue weighted by molar-refractivity contribution is 6.52. The van der Waals surface area contributed by atoms with Crippen LogP contribution >= 0.6 is 11.6 Å². The fourth-order valence-electron chi connectivity index (χ4n) is 2.59. The lowest BCUT2D eigenvalue weighted by atomic mass is 10.1. The van der Waals surface area contributed by atoms with Crippen molar-refractivity contribution in [1.29, 1.82) is 0 Å². The fourth-order valence-corrected chi connectivity index (χ4v) is 2.87. The molecule has 0 saturated carbocycles. The van der Waals surface area contributed by atoms with Gasteiger partial charge in [-0.1, -0.05) is 11.6 Å². The minimum atomic E-state index is -0.648. The van der Waals surface area contributed by atoms with Crippen LogP contribution in [0.2, 0.25) is 5.02 Å². The first kappa shape index (κ1) is 13.9. The molecule has 0 unspecified atom stereocenters. The van der Waals surface area contributed by atoms with Gasteiger partial charge in [-0.3, -0.25) is 14.4 Å². The maximum absolute atomic E-state index is 12.0. The number of nitrogens with zero attached hydrogens (tertiary/aromatic N) is 2. The van der Waals surface area contributed by atoms with Gasteiger partial charge in [0.05, 0.1) is 28.5 Å². The van der Waals surface area contributed by atoms with Crippen LogP contribution in [-0.4, -0.2) is 49.2 Å². The number of rotatable bonds is 1. The molecule has 2 heterocycles. The number of hydrogen-bond acceptors (Lipinski definition) is 4. The number of Topliss-reactive ketones (excluding diaryl/α,β-unsaturated/α-hetero) is 1. The average Bonchev–Trinajstić information content (AvgIpc) is 2.61. The number of anilines is 2. The summed E-state index contributed by atoms with van der Waals surface area (Å²) in [5.74, 6) is -1.21. The number of fused-ring (bicyclic) bond motifs is 1. The summed E-state index contributed by atoms with van der Waals surface area (Å²) < 4.78 is 0. The minimum Gasteiger partial charge on any atom is -0.361 e. The molecule has 1 saturated heterocycles. The quantitative estimate of drug-likeness (QED) is 0.790. The molecular formula is C14H14ClN3O3. The van der Waals surface area contributed by atoms with Crippen molar-refractivity contribution in [1.82, 2.24) is 4.90 Å². The lowest BCUT2D eigenvalue weighted by Crippen LogP contribution is -2.34. The second-order valence-electron chi connectivity index (χ2n) is 5.22. The Morgan fingerprint density at radius 2 is 1.95 bits per heavy atom. The van der Waals surface area contributed by atoms with Gasteiger partial charge in [0.1, 0.15) is 0 Å². The van der Waals surface area contributed by atoms with Crippen LogP contribution in [0.5, 0.6) is 0 Å². The summed E-state index contributed by atoms with van der Waals surface area (Å²) in [6.45, 7) is 1.63. The molecule has 0 bridgehead atoms. The Bertz CT molecular complexity index is 659. The van der Waals surface area contributed by atoms with Crippen molar-refractivity contribution in [3.8, 4) is 0 Å². The van der Waals surface area contributed by atoms with Crippen molar-refractivity contribution in [2.45, 2.75) is 6.42 Å². The number of ketones is 1. The summed E-state index contributed by atoms with van der Waals surface area (Å²) in [6.07, 6.45) is 0.834. The van der Waals surface area contributed by atoms with E-state index in [1.165, 1.54) is 6.07 Å². The third kappa shape index (κ3) is 2.35. The van der Waals surface area contributed by atoms with E-state index in [9.17, 15) is 14.4 Å². The number of nitrogens with one attached hydrogen (secondary N) is 1. The number of amides is 2. The predicted molar refractivity (Wildman–Crippen MR) is 78.9 cm³/mol. The van der Waals surface area contributed by atoms with Crippen LogP contribution in [-0.2, 0) is 9.59 Å². The smallest absolute Gasteiger partial charge is 0.296 e. The topological polar surface area (TPSA) is 69.7 Å². The summed E-state index contributed by atoms with van der Waals surface area (Å²) >= 11 is 6.23. The Hall–Kier alpha value is -2.08. The van der Waals surface area contributed by atoms with E-state index in [0.29, 0.717) is 29.5 Å². The van der Waals surface area contributed by atoms with Crippen LogP contribution in [0.4, 0.5) is 11.4 Å². The van der Waals surface area contributed by atoms with E-state index in [1.54, 1.807) is 18.0 Å². The van der Waals surface area contributed by atoms with E-state index in [1.807, 2.05) is 4.90 Å². The van der Waals surface area contributed by atoms with Crippen molar-refractivity contribution < 1.29 is 14.4 Å². The molecule has 110 valence electrons. The minimum absolute atomic E-state index is 0.0178. The van der Waals surface area contributed by atoms with Crippen molar-refractivity contribution in [3.63, 3.8) is 0 Å². The molecule has 1 fully saturated rings. The summed E-state index contributed by atoms with van der Waals surface area (Å²) in [5.41, 5.74) is 1.40. The van der Waals surface area contributed by atoms with Gasteiger partial charge in [-0.25, -0.2) is 0 Å². The number of carbonyl (C=O) groups excluding carboxylic acids is 3. The first-order chi connectivity index (χ1) is 9.97. The number of benzene rings is 1. The highest BCUT2D eigenvalue weighted by Crippen LogP contribution is 2.35. The Morgan fingerprint density at radius 1 is 1.19 bits per heavy atom. The molecule has 2 amide bonds. The number of likely N-dealkylation sites (N-methyl/N-ethyl adjacent to an activating group) is 1. The van der Waals surface area contributed by atoms with E-state index in [-0.39, 0.29) is 18.0 Å². The summed E-state index contributed by atoms with van der Waals surface area (Å²) in [5, 5.41) is 2.89. The van der Waals surface area contributed by atoms with Gasteiger partial charge in [-0.2, -0.15) is 0 Å². The van der Waals surface area contributed by atoms with Crippen LogP contribution in [0, 0.1) is 0 Å². The fraction of sp³-hybridized carbons (Fsp3) is 0.357. The third-order valence-electron chi connectivity index (χ3n) is 3.80. The van der Waals surface area contributed by atoms with Gasteiger partial charge in [0.2, 0.25) is 5.91 Å². The maximum Gasteiger partial charge on any atom is 0.296 e. The van der Waals surface area contributed by atoms with Crippen molar-refractivity contribution >= 4 is 40.6 Å². The molecule has 0 spiro atoms. The molecule has 1 aromatic rings. The molecule has 2 aliphatic rings. The van der Waals surface area contributed by atoms with E-state index < -0.39 is 11.7 Å². The molecule has 1 N–H and O–H groups in total. The monoisotopic (exact) mass is 307 g/mol. The molecule has 3 rings (SSSR count). The van der Waals surface area contributed by atoms with Gasteiger partial charge >= 0.3 is 0 Å². The summed E-state index contributed by atoms with van der Waals surface area (Å²) in [4.78, 5) is 38.6. The summed E-state index contributed by atoms with van der Waals surface area (Å²) in [7, 11) is 1.77. The van der Waals surface area contributed by atoms with Gasteiger partial charge in [0.15, 0.2) is 0 Å². The van der Waals surface area contributed by atoms with E-state index in [4.69, 9.17) is 11.6 Å². The molecule has 0 radical (unpaired) electrons. The van der Waals surface area contributed by atoms with E-state index in [0.717, 1.165) is 6.42 Å². The van der Waals surface area contributed by atoms with Gasteiger partial charge in [-0.05, 0) is 18.6 Å². The summed E-state index contributed by atoms with van der Waals surface area (Å²) in [6, 6.07) is 3.16. The Kier molecular flexibility index (Phi) is 3.33. The molecule has 0 aliphatic carbocycles. The van der Waals surface area contributed by atoms with Crippen molar-refractivity contribution in [2.75, 3.05) is 36.9 Å². The van der Waals surface area contributed by atoms with Gasteiger partial charge < -0.3 is 15.1 Å². The van der Waals surface area contributed by atoms with E-state index >= 15 is 0 Å². The predicted octanol–water partition coefficient (Wildman–Crippen LogP) is 1.14. The zero-order chi connectivity index (χ0) is 15.1. The molecule has 0 aromatic heterocycles. The molecular weight excluding hydrogens is 294 g/mol. The third-order valence-corrected chi connectivity index (χ3v) is 4.10. The molecule has 2 aliphatic heterocycles. The Balaban J connectivity index is 1.96. The van der Waals surface area contributed by atoms with Gasteiger partial charge in [-0.15, -0.1) is 0 Å². The average molecular weight is 308 g/mol. The Labute approximate surface area is 126 Å². The zero-order valence-electron chi connectivity index (χ0n) is 11.5. The van der Waals surface area contributed by atoms with Crippen molar-refractivity contribution in [3.05, 3.63) is 22.7 Å². The van der Waals surface area contributed by atoms with E-state index in [2.05, 4.69) is 5.32 Å². The largest absolute Gasteiger partial charge is 0.361 e. The number of halogens is 1. The standard InChI is InChI=1S/C14H14ClN3O3/c1-17-3-2-4-18(7-12(17)19)11-6-10-8(5-9(11)15)13(20)14(21)16-10/h5-6H,2-4,7H2,1H3,(H,16,20,21). The lowest BCUT2D eigenvalue weighted by molar-refractivity contribution is -0.127. The second-order valence-corrected chi connectivity index (χ2v) is 5.63. The number of carbonyl (C=O) groups is 3. The van der Waals surface area contributed by atoms with Crippen LogP contribution < -0.4 is 10.2 Å². The van der Waals surface area contributed by atoms with Gasteiger partial charge in [0, 0.05) is 20.1 Å². The zero-order valence-corrected chi connectivity index (χ0v) is 12.2. The molecule has 1 aromatic carbocycles. The molecule has 21 heavy (non-hydrogen) atoms. The SMILES string of the molecule is CN1CCCN(c2cc3c(cc2Cl)C(=O)C(=O)N3)CC1=O.